The lowest BCUT2D eigenvalue weighted by Crippen LogP contribution is -2.52. The van der Waals surface area contributed by atoms with E-state index in [-0.39, 0.29) is 5.41 Å². The van der Waals surface area contributed by atoms with Gasteiger partial charge in [0.2, 0.25) is 5.91 Å². The minimum atomic E-state index is 0.0908. The molecule has 3 aliphatic carbocycles. The first-order valence-corrected chi connectivity index (χ1v) is 12.1. The van der Waals surface area contributed by atoms with E-state index in [0.29, 0.717) is 11.9 Å². The van der Waals surface area contributed by atoms with Crippen LogP contribution in [0.4, 0.5) is 0 Å². The number of nitrogens with zero attached hydrogens (tertiary/aromatic N) is 1. The molecule has 2 heterocycles. The molecule has 0 spiro atoms. The van der Waals surface area contributed by atoms with Gasteiger partial charge in [0.1, 0.15) is 0 Å². The van der Waals surface area contributed by atoms with Gasteiger partial charge in [-0.1, -0.05) is 31.9 Å². The topological polar surface area (TPSA) is 36.1 Å². The first-order valence-electron chi connectivity index (χ1n) is 12.1. The van der Waals surface area contributed by atoms with Crippen molar-refractivity contribution in [1.29, 1.82) is 0 Å². The van der Waals surface area contributed by atoms with Crippen molar-refractivity contribution >= 4 is 16.8 Å². The molecule has 1 aromatic heterocycles. The monoisotopic (exact) mass is 390 g/mol. The first-order chi connectivity index (χ1) is 14.2. The lowest BCUT2D eigenvalue weighted by molar-refractivity contribution is -0.139. The fourth-order valence-corrected chi connectivity index (χ4v) is 6.74. The van der Waals surface area contributed by atoms with Crippen molar-refractivity contribution in [3.8, 4) is 0 Å². The van der Waals surface area contributed by atoms with E-state index < -0.39 is 0 Å². The number of H-pyrrole nitrogens is 1. The van der Waals surface area contributed by atoms with Gasteiger partial charge in [-0.3, -0.25) is 4.79 Å². The lowest BCUT2D eigenvalue weighted by Gasteiger charge is -2.47. The highest BCUT2D eigenvalue weighted by molar-refractivity contribution is 5.90. The number of rotatable bonds is 4. The Hall–Kier alpha value is -1.77. The number of benzene rings is 1. The van der Waals surface area contributed by atoms with E-state index >= 15 is 0 Å². The highest BCUT2D eigenvalue weighted by atomic mass is 16.2. The van der Waals surface area contributed by atoms with Crippen LogP contribution < -0.4 is 0 Å². The number of carbonyl (C=O) groups is 1. The number of aromatic nitrogens is 1. The van der Waals surface area contributed by atoms with Gasteiger partial charge in [0, 0.05) is 41.5 Å². The molecule has 1 amide bonds. The number of fused-ring (bicyclic) bond motifs is 2. The Morgan fingerprint density at radius 2 is 2.00 bits per heavy atom. The molecule has 3 nitrogen and oxygen atoms in total. The summed E-state index contributed by atoms with van der Waals surface area (Å²) < 4.78 is 0. The Bertz CT molecular complexity index is 935. The van der Waals surface area contributed by atoms with E-state index in [1.807, 2.05) is 0 Å². The summed E-state index contributed by atoms with van der Waals surface area (Å²) in [5.74, 6) is 2.70. The summed E-state index contributed by atoms with van der Waals surface area (Å²) in [5, 5.41) is 1.45. The van der Waals surface area contributed by atoms with Crippen LogP contribution in [0.15, 0.2) is 24.4 Å². The minimum Gasteiger partial charge on any atom is -0.361 e. The van der Waals surface area contributed by atoms with Crippen molar-refractivity contribution in [2.45, 2.75) is 88.5 Å². The molecule has 6 rings (SSSR count). The first kappa shape index (κ1) is 18.0. The average molecular weight is 391 g/mol. The fraction of sp³-hybridized carbons (Fsp3) is 0.654. The molecule has 3 saturated carbocycles. The molecular formula is C26H34N2O. The molecule has 29 heavy (non-hydrogen) atoms. The third-order valence-electron chi connectivity index (χ3n) is 8.71. The SMILES string of the molecule is CC1CCCC2C1CCCN2C(=O)CC1(c2c[nH]c3cccc(C4CC4)c23)CC1. The van der Waals surface area contributed by atoms with Gasteiger partial charge < -0.3 is 9.88 Å². The fourth-order valence-electron chi connectivity index (χ4n) is 6.74. The summed E-state index contributed by atoms with van der Waals surface area (Å²) in [6, 6.07) is 7.25. The number of aromatic amines is 1. The lowest BCUT2D eigenvalue weighted by atomic mass is 9.72. The number of hydrogen-bond donors (Lipinski definition) is 1. The van der Waals surface area contributed by atoms with Gasteiger partial charge in [0.15, 0.2) is 0 Å². The Balaban J connectivity index is 1.28. The van der Waals surface area contributed by atoms with Gasteiger partial charge in [-0.05, 0) is 79.9 Å². The zero-order chi connectivity index (χ0) is 19.6. The third-order valence-corrected chi connectivity index (χ3v) is 8.71. The van der Waals surface area contributed by atoms with Crippen LogP contribution in [0.1, 0.15) is 88.2 Å². The molecule has 2 aromatic rings. The smallest absolute Gasteiger partial charge is 0.223 e. The van der Waals surface area contributed by atoms with Crippen molar-refractivity contribution in [3.05, 3.63) is 35.5 Å². The molecular weight excluding hydrogens is 356 g/mol. The van der Waals surface area contributed by atoms with Gasteiger partial charge in [-0.15, -0.1) is 0 Å². The van der Waals surface area contributed by atoms with Crippen LogP contribution >= 0.6 is 0 Å². The number of nitrogens with one attached hydrogen (secondary N) is 1. The van der Waals surface area contributed by atoms with E-state index in [2.05, 4.69) is 41.2 Å². The number of likely N-dealkylation sites (tertiary alicyclic amines) is 1. The zero-order valence-corrected chi connectivity index (χ0v) is 17.8. The molecule has 0 bridgehead atoms. The molecule has 3 atom stereocenters. The molecule has 3 heteroatoms. The van der Waals surface area contributed by atoms with Crippen molar-refractivity contribution in [2.24, 2.45) is 11.8 Å². The van der Waals surface area contributed by atoms with Crippen LogP contribution in [0.25, 0.3) is 10.9 Å². The second-order valence-electron chi connectivity index (χ2n) is 10.6. The quantitative estimate of drug-likeness (QED) is 0.694. The number of amides is 1. The maximum absolute atomic E-state index is 13.6. The van der Waals surface area contributed by atoms with Gasteiger partial charge in [0.05, 0.1) is 0 Å². The van der Waals surface area contributed by atoms with Crippen LogP contribution in [0, 0.1) is 11.8 Å². The van der Waals surface area contributed by atoms with Gasteiger partial charge in [-0.25, -0.2) is 0 Å². The predicted molar refractivity (Wildman–Crippen MR) is 117 cm³/mol. The van der Waals surface area contributed by atoms with E-state index in [0.717, 1.165) is 30.7 Å². The summed E-state index contributed by atoms with van der Waals surface area (Å²) >= 11 is 0. The van der Waals surface area contributed by atoms with Crippen LogP contribution in [0.2, 0.25) is 0 Å². The molecule has 154 valence electrons. The van der Waals surface area contributed by atoms with Crippen LogP contribution in [0.3, 0.4) is 0 Å². The summed E-state index contributed by atoms with van der Waals surface area (Å²) in [6.07, 6.45) is 14.3. The normalized spacial score (nSPS) is 30.9. The Kier molecular flexibility index (Phi) is 4.12. The molecule has 1 aliphatic heterocycles. The Morgan fingerprint density at radius 3 is 2.79 bits per heavy atom. The summed E-state index contributed by atoms with van der Waals surface area (Å²) in [7, 11) is 0. The number of piperidine rings is 1. The van der Waals surface area contributed by atoms with E-state index in [4.69, 9.17) is 0 Å². The van der Waals surface area contributed by atoms with Crippen LogP contribution in [-0.4, -0.2) is 28.4 Å². The molecule has 1 saturated heterocycles. The molecule has 4 aliphatic rings. The summed E-state index contributed by atoms with van der Waals surface area (Å²) in [5.41, 5.74) is 4.32. The predicted octanol–water partition coefficient (Wildman–Crippen LogP) is 5.89. The van der Waals surface area contributed by atoms with Crippen molar-refractivity contribution in [2.75, 3.05) is 6.54 Å². The molecule has 1 N–H and O–H groups in total. The maximum Gasteiger partial charge on any atom is 0.223 e. The molecule has 4 fully saturated rings. The summed E-state index contributed by atoms with van der Waals surface area (Å²) in [4.78, 5) is 19.4. The van der Waals surface area contributed by atoms with Gasteiger partial charge in [-0.2, -0.15) is 0 Å². The molecule has 0 radical (unpaired) electrons. The molecule has 3 unspecified atom stereocenters. The van der Waals surface area contributed by atoms with Crippen LogP contribution in [-0.2, 0) is 10.2 Å². The number of carbonyl (C=O) groups excluding carboxylic acids is 1. The Labute approximate surface area is 174 Å². The highest BCUT2D eigenvalue weighted by Gasteiger charge is 2.50. The Morgan fingerprint density at radius 1 is 1.14 bits per heavy atom. The minimum absolute atomic E-state index is 0.0908. The summed E-state index contributed by atoms with van der Waals surface area (Å²) in [6.45, 7) is 3.41. The van der Waals surface area contributed by atoms with E-state index in [9.17, 15) is 4.79 Å². The largest absolute Gasteiger partial charge is 0.361 e. The second-order valence-corrected chi connectivity index (χ2v) is 10.6. The highest BCUT2D eigenvalue weighted by Crippen LogP contribution is 2.56. The van der Waals surface area contributed by atoms with Crippen molar-refractivity contribution in [3.63, 3.8) is 0 Å². The van der Waals surface area contributed by atoms with Crippen molar-refractivity contribution in [1.82, 2.24) is 9.88 Å². The van der Waals surface area contributed by atoms with E-state index in [1.165, 1.54) is 79.8 Å². The van der Waals surface area contributed by atoms with Crippen molar-refractivity contribution < 1.29 is 4.79 Å². The zero-order valence-electron chi connectivity index (χ0n) is 17.8. The van der Waals surface area contributed by atoms with Gasteiger partial charge in [0.25, 0.3) is 0 Å². The van der Waals surface area contributed by atoms with Gasteiger partial charge >= 0.3 is 0 Å². The number of hydrogen-bond acceptors (Lipinski definition) is 1. The van der Waals surface area contributed by atoms with Crippen LogP contribution in [0.5, 0.6) is 0 Å². The maximum atomic E-state index is 13.6. The third kappa shape index (κ3) is 2.95. The average Bonchev–Trinajstić information content (AvgIpc) is 3.66. The van der Waals surface area contributed by atoms with E-state index in [1.54, 1.807) is 0 Å². The molecule has 1 aromatic carbocycles. The second kappa shape index (κ2) is 6.62. The standard InChI is InChI=1S/C26H34N2O/c1-17-5-2-9-23-19(17)7-4-14-28(23)24(29)15-26(12-13-26)21-16-27-22-8-3-6-20(25(21)22)18-10-11-18/h3,6,8,16-19,23,27H,2,4-5,7,9-15H2,1H3.